The molecule has 1 heterocycles. The van der Waals surface area contributed by atoms with Crippen molar-refractivity contribution in [1.82, 2.24) is 0 Å². The molecule has 7 nitrogen and oxygen atoms in total. The van der Waals surface area contributed by atoms with Crippen LogP contribution in [0.15, 0.2) is 78.4 Å². The molecule has 0 bridgehead atoms. The van der Waals surface area contributed by atoms with Crippen LogP contribution in [0, 0.1) is 0 Å². The summed E-state index contributed by atoms with van der Waals surface area (Å²) in [6, 6.07) is 19.8. The molecule has 2 N–H and O–H groups in total. The van der Waals surface area contributed by atoms with Gasteiger partial charge in [-0.05, 0) is 52.9 Å². The molecule has 3 aromatic rings. The molecule has 36 heavy (non-hydrogen) atoms. The molecule has 1 aliphatic rings. The Morgan fingerprint density at radius 3 is 2.22 bits per heavy atom. The van der Waals surface area contributed by atoms with Gasteiger partial charge in [-0.15, -0.1) is 0 Å². The lowest BCUT2D eigenvalue weighted by atomic mass is 9.93. The number of aliphatic hydroxyl groups excluding tert-OH is 1. The summed E-state index contributed by atoms with van der Waals surface area (Å²) in [4.78, 5) is 39.0. The lowest BCUT2D eigenvalue weighted by molar-refractivity contribution is -0.136. The number of amides is 1. The lowest BCUT2D eigenvalue weighted by Crippen LogP contribution is -2.29. The molecule has 0 saturated carbocycles. The topological polar surface area (TPSA) is 104 Å². The molecule has 7 heteroatoms. The third-order valence-electron chi connectivity index (χ3n) is 6.25. The number of carboxylic acid groups (broad SMARTS) is 1. The van der Waals surface area contributed by atoms with Crippen molar-refractivity contribution >= 4 is 29.1 Å². The number of aliphatic carboxylic acids is 1. The van der Waals surface area contributed by atoms with E-state index in [-0.39, 0.29) is 23.7 Å². The van der Waals surface area contributed by atoms with E-state index < -0.39 is 23.7 Å². The van der Waals surface area contributed by atoms with Crippen molar-refractivity contribution in [3.63, 3.8) is 0 Å². The standard InChI is InChI=1S/C29H27NO6/c1-17(2)22-16-20(11-14-23(22)36-3)27(33)25-26(19-7-5-4-6-8-19)30(29(35)28(25)34)21-12-9-18(10-13-21)15-24(31)32/h4-14,16-17,26,33H,15H2,1-3H3,(H,31,32)/b27-25-. The van der Waals surface area contributed by atoms with Crippen LogP contribution in [0.4, 0.5) is 5.69 Å². The number of hydrogen-bond donors (Lipinski definition) is 2. The number of aliphatic hydroxyl groups is 1. The van der Waals surface area contributed by atoms with Crippen molar-refractivity contribution < 1.29 is 29.3 Å². The number of carbonyl (C=O) groups is 3. The number of methoxy groups -OCH3 is 1. The summed E-state index contributed by atoms with van der Waals surface area (Å²) in [5, 5.41) is 20.4. The highest BCUT2D eigenvalue weighted by molar-refractivity contribution is 6.51. The molecule has 1 atom stereocenters. The first-order valence-corrected chi connectivity index (χ1v) is 11.6. The van der Waals surface area contributed by atoms with Crippen molar-refractivity contribution in [2.24, 2.45) is 0 Å². The Bertz CT molecular complexity index is 1340. The number of rotatable bonds is 7. The number of carboxylic acids is 1. The molecule has 1 aliphatic heterocycles. The van der Waals surface area contributed by atoms with Gasteiger partial charge in [0.25, 0.3) is 11.7 Å². The van der Waals surface area contributed by atoms with E-state index in [2.05, 4.69) is 0 Å². The fourth-order valence-corrected chi connectivity index (χ4v) is 4.49. The molecule has 4 rings (SSSR count). The van der Waals surface area contributed by atoms with Crippen LogP contribution < -0.4 is 9.64 Å². The van der Waals surface area contributed by atoms with Crippen LogP contribution in [0.1, 0.15) is 48.1 Å². The zero-order chi connectivity index (χ0) is 26.0. The van der Waals surface area contributed by atoms with Crippen LogP contribution in [0.2, 0.25) is 0 Å². The second-order valence-electron chi connectivity index (χ2n) is 8.93. The number of benzene rings is 3. The maximum atomic E-state index is 13.3. The van der Waals surface area contributed by atoms with E-state index in [1.807, 2.05) is 19.9 Å². The molecule has 1 unspecified atom stereocenters. The molecule has 184 valence electrons. The van der Waals surface area contributed by atoms with Crippen LogP contribution in [0.5, 0.6) is 5.75 Å². The third-order valence-corrected chi connectivity index (χ3v) is 6.25. The number of ketones is 1. The monoisotopic (exact) mass is 485 g/mol. The third kappa shape index (κ3) is 4.60. The minimum Gasteiger partial charge on any atom is -0.507 e. The largest absolute Gasteiger partial charge is 0.507 e. The Labute approximate surface area is 209 Å². The quantitative estimate of drug-likeness (QED) is 0.275. The van der Waals surface area contributed by atoms with Crippen LogP contribution in [0.25, 0.3) is 5.76 Å². The normalized spacial score (nSPS) is 17.0. The molecular weight excluding hydrogens is 458 g/mol. The van der Waals surface area contributed by atoms with Gasteiger partial charge in [-0.25, -0.2) is 0 Å². The Balaban J connectivity index is 1.88. The van der Waals surface area contributed by atoms with Crippen molar-refractivity contribution in [3.05, 3.63) is 101 Å². The van der Waals surface area contributed by atoms with Crippen LogP contribution in [0.3, 0.4) is 0 Å². The molecule has 0 aliphatic carbocycles. The summed E-state index contributed by atoms with van der Waals surface area (Å²) in [6.07, 6.45) is -0.156. The van der Waals surface area contributed by atoms with Crippen molar-refractivity contribution in [1.29, 1.82) is 0 Å². The van der Waals surface area contributed by atoms with Crippen molar-refractivity contribution in [2.45, 2.75) is 32.2 Å². The van der Waals surface area contributed by atoms with E-state index >= 15 is 0 Å². The number of carbonyl (C=O) groups excluding carboxylic acids is 2. The van der Waals surface area contributed by atoms with E-state index in [4.69, 9.17) is 9.84 Å². The Morgan fingerprint density at radius 2 is 1.64 bits per heavy atom. The summed E-state index contributed by atoms with van der Waals surface area (Å²) in [6.45, 7) is 4.00. The number of hydrogen-bond acceptors (Lipinski definition) is 5. The van der Waals surface area contributed by atoms with E-state index in [0.717, 1.165) is 5.56 Å². The molecule has 3 aromatic carbocycles. The van der Waals surface area contributed by atoms with Crippen molar-refractivity contribution in [2.75, 3.05) is 12.0 Å². The molecular formula is C29H27NO6. The average molecular weight is 486 g/mol. The first-order valence-electron chi connectivity index (χ1n) is 11.6. The van der Waals surface area contributed by atoms with Crippen LogP contribution >= 0.6 is 0 Å². The Kier molecular flexibility index (Phi) is 6.92. The summed E-state index contributed by atoms with van der Waals surface area (Å²) in [5.74, 6) is -2.02. The Hall–Kier alpha value is -4.39. The van der Waals surface area contributed by atoms with Crippen molar-refractivity contribution in [3.8, 4) is 5.75 Å². The lowest BCUT2D eigenvalue weighted by Gasteiger charge is -2.25. The molecule has 1 amide bonds. The summed E-state index contributed by atoms with van der Waals surface area (Å²) >= 11 is 0. The average Bonchev–Trinajstić information content (AvgIpc) is 3.14. The summed E-state index contributed by atoms with van der Waals surface area (Å²) in [5.41, 5.74) is 2.91. The zero-order valence-electron chi connectivity index (χ0n) is 20.3. The summed E-state index contributed by atoms with van der Waals surface area (Å²) < 4.78 is 5.44. The van der Waals surface area contributed by atoms with E-state index in [1.54, 1.807) is 73.8 Å². The van der Waals surface area contributed by atoms with Gasteiger partial charge in [0.2, 0.25) is 0 Å². The summed E-state index contributed by atoms with van der Waals surface area (Å²) in [7, 11) is 1.57. The SMILES string of the molecule is COc1ccc(/C(O)=C2/C(=O)C(=O)N(c3ccc(CC(=O)O)cc3)C2c2ccccc2)cc1C(C)C. The second kappa shape index (κ2) is 10.1. The smallest absolute Gasteiger partial charge is 0.307 e. The zero-order valence-corrected chi connectivity index (χ0v) is 20.3. The minimum absolute atomic E-state index is 0.0133. The van der Waals surface area contributed by atoms with Gasteiger partial charge in [0, 0.05) is 11.3 Å². The van der Waals surface area contributed by atoms with Gasteiger partial charge < -0.3 is 14.9 Å². The van der Waals surface area contributed by atoms with Gasteiger partial charge in [-0.2, -0.15) is 0 Å². The highest BCUT2D eigenvalue weighted by Gasteiger charge is 2.47. The van der Waals surface area contributed by atoms with Crippen LogP contribution in [-0.2, 0) is 20.8 Å². The predicted molar refractivity (Wildman–Crippen MR) is 136 cm³/mol. The molecule has 1 fully saturated rings. The number of Topliss-reactive ketones (excluding diaryl/α,β-unsaturated/α-hetero) is 1. The number of ether oxygens (including phenoxy) is 1. The fourth-order valence-electron chi connectivity index (χ4n) is 4.49. The Morgan fingerprint density at radius 1 is 0.972 bits per heavy atom. The predicted octanol–water partition coefficient (Wildman–Crippen LogP) is 5.07. The number of nitrogens with zero attached hydrogens (tertiary/aromatic N) is 1. The first kappa shape index (κ1) is 24.7. The van der Waals surface area contributed by atoms with Gasteiger partial charge >= 0.3 is 5.97 Å². The molecule has 0 aromatic heterocycles. The van der Waals surface area contributed by atoms with Gasteiger partial charge in [-0.1, -0.05) is 56.3 Å². The van der Waals surface area contributed by atoms with Gasteiger partial charge in [0.1, 0.15) is 11.5 Å². The van der Waals surface area contributed by atoms with E-state index in [9.17, 15) is 19.5 Å². The minimum atomic E-state index is -0.965. The molecule has 0 radical (unpaired) electrons. The number of anilines is 1. The van der Waals surface area contributed by atoms with E-state index in [1.165, 1.54) is 4.90 Å². The second-order valence-corrected chi connectivity index (χ2v) is 8.93. The maximum Gasteiger partial charge on any atom is 0.307 e. The van der Waals surface area contributed by atoms with Gasteiger partial charge in [0.15, 0.2) is 0 Å². The highest BCUT2D eigenvalue weighted by Crippen LogP contribution is 2.42. The van der Waals surface area contributed by atoms with Gasteiger partial charge in [-0.3, -0.25) is 19.3 Å². The fraction of sp³-hybridized carbons (Fsp3) is 0.207. The van der Waals surface area contributed by atoms with Gasteiger partial charge in [0.05, 0.1) is 25.1 Å². The molecule has 1 saturated heterocycles. The van der Waals surface area contributed by atoms with Crippen LogP contribution in [-0.4, -0.2) is 35.0 Å². The first-order chi connectivity index (χ1) is 17.2. The van der Waals surface area contributed by atoms with E-state index in [0.29, 0.717) is 28.1 Å². The molecule has 0 spiro atoms. The highest BCUT2D eigenvalue weighted by atomic mass is 16.5. The maximum absolute atomic E-state index is 13.3.